The molecule has 3 heteroatoms. The summed E-state index contributed by atoms with van der Waals surface area (Å²) in [5.74, 6) is 0.512. The van der Waals surface area contributed by atoms with E-state index >= 15 is 0 Å². The van der Waals surface area contributed by atoms with Gasteiger partial charge in [-0.15, -0.1) is 11.8 Å². The minimum absolute atomic E-state index is 0.227. The van der Waals surface area contributed by atoms with E-state index in [0.29, 0.717) is 12.0 Å². The number of hydrogen-bond acceptors (Lipinski definition) is 3. The molecule has 4 rings (SSSR count). The van der Waals surface area contributed by atoms with E-state index in [0.717, 1.165) is 13.0 Å². The summed E-state index contributed by atoms with van der Waals surface area (Å²) in [6.45, 7) is 3.04. The Morgan fingerprint density at radius 2 is 1.96 bits per heavy atom. The van der Waals surface area contributed by atoms with Crippen LogP contribution in [0.1, 0.15) is 41.7 Å². The van der Waals surface area contributed by atoms with Crippen LogP contribution >= 0.6 is 11.8 Å². The Bertz CT molecular complexity index is 697. The van der Waals surface area contributed by atoms with Crippen LogP contribution in [0, 0.1) is 12.8 Å². The Labute approximate surface area is 142 Å². The van der Waals surface area contributed by atoms with Gasteiger partial charge in [-0.3, -0.25) is 0 Å². The lowest BCUT2D eigenvalue weighted by atomic mass is 9.77. The number of rotatable bonds is 2. The lowest BCUT2D eigenvalue weighted by Gasteiger charge is -2.43. The Kier molecular flexibility index (Phi) is 4.08. The van der Waals surface area contributed by atoms with Crippen molar-refractivity contribution in [2.45, 2.75) is 36.8 Å². The number of nitrogens with one attached hydrogen (secondary N) is 1. The number of ether oxygens (including phenoxy) is 1. The second-order valence-electron chi connectivity index (χ2n) is 6.58. The van der Waals surface area contributed by atoms with E-state index < -0.39 is 0 Å². The predicted octanol–water partition coefficient (Wildman–Crippen LogP) is 5.35. The third-order valence-corrected chi connectivity index (χ3v) is 5.84. The summed E-state index contributed by atoms with van der Waals surface area (Å²) in [6.07, 6.45) is 4.73. The van der Waals surface area contributed by atoms with E-state index in [-0.39, 0.29) is 6.10 Å². The van der Waals surface area contributed by atoms with E-state index in [4.69, 9.17) is 4.74 Å². The van der Waals surface area contributed by atoms with Crippen molar-refractivity contribution in [3.63, 3.8) is 0 Å². The highest BCUT2D eigenvalue weighted by Gasteiger charge is 2.39. The molecule has 0 aromatic heterocycles. The Morgan fingerprint density at radius 1 is 1.13 bits per heavy atom. The normalized spacial score (nSPS) is 26.1. The van der Waals surface area contributed by atoms with E-state index in [1.807, 2.05) is 0 Å². The van der Waals surface area contributed by atoms with Gasteiger partial charge in [0.1, 0.15) is 0 Å². The van der Waals surface area contributed by atoms with Crippen molar-refractivity contribution in [2.75, 3.05) is 18.2 Å². The van der Waals surface area contributed by atoms with Crippen molar-refractivity contribution >= 4 is 17.4 Å². The fourth-order valence-corrected chi connectivity index (χ4v) is 4.34. The van der Waals surface area contributed by atoms with Gasteiger partial charge in [0.05, 0.1) is 12.1 Å². The average molecular weight is 325 g/mol. The van der Waals surface area contributed by atoms with Gasteiger partial charge in [0, 0.05) is 28.7 Å². The summed E-state index contributed by atoms with van der Waals surface area (Å²) in [7, 11) is 0. The molecule has 0 saturated carbocycles. The van der Waals surface area contributed by atoms with Crippen LogP contribution in [0.4, 0.5) is 5.69 Å². The second-order valence-corrected chi connectivity index (χ2v) is 7.46. The number of fused-ring (bicyclic) bond motifs is 3. The molecule has 0 amide bonds. The van der Waals surface area contributed by atoms with Crippen molar-refractivity contribution in [1.29, 1.82) is 0 Å². The molecular weight excluding hydrogens is 302 g/mol. The third kappa shape index (κ3) is 2.77. The van der Waals surface area contributed by atoms with E-state index in [1.165, 1.54) is 33.7 Å². The summed E-state index contributed by atoms with van der Waals surface area (Å²) in [4.78, 5) is 1.32. The van der Waals surface area contributed by atoms with Crippen molar-refractivity contribution in [1.82, 2.24) is 0 Å². The zero-order valence-corrected chi connectivity index (χ0v) is 14.5. The number of thioether (sulfide) groups is 1. The van der Waals surface area contributed by atoms with Gasteiger partial charge in [0.15, 0.2) is 0 Å². The molecule has 0 aliphatic carbocycles. The van der Waals surface area contributed by atoms with Crippen LogP contribution in [0.15, 0.2) is 47.4 Å². The van der Waals surface area contributed by atoms with Crippen molar-refractivity contribution in [3.05, 3.63) is 59.2 Å². The number of benzene rings is 2. The van der Waals surface area contributed by atoms with Crippen LogP contribution in [0.25, 0.3) is 0 Å². The molecule has 1 N–H and O–H groups in total. The van der Waals surface area contributed by atoms with Crippen LogP contribution < -0.4 is 5.32 Å². The maximum atomic E-state index is 6.22. The van der Waals surface area contributed by atoms with Crippen molar-refractivity contribution < 1.29 is 4.74 Å². The highest BCUT2D eigenvalue weighted by atomic mass is 32.2. The van der Waals surface area contributed by atoms with Crippen LogP contribution in [-0.2, 0) is 4.74 Å². The summed E-state index contributed by atoms with van der Waals surface area (Å²) in [6, 6.07) is 16.0. The fourth-order valence-electron chi connectivity index (χ4n) is 3.93. The average Bonchev–Trinajstić information content (AvgIpc) is 2.61. The third-order valence-electron chi connectivity index (χ3n) is 5.10. The van der Waals surface area contributed by atoms with Gasteiger partial charge in [-0.2, -0.15) is 0 Å². The van der Waals surface area contributed by atoms with Crippen LogP contribution in [0.3, 0.4) is 0 Å². The summed E-state index contributed by atoms with van der Waals surface area (Å²) >= 11 is 1.79. The molecule has 2 aromatic carbocycles. The molecule has 3 unspecified atom stereocenters. The number of anilines is 1. The molecule has 2 aliphatic rings. The van der Waals surface area contributed by atoms with E-state index in [2.05, 4.69) is 61.0 Å². The maximum absolute atomic E-state index is 6.22. The van der Waals surface area contributed by atoms with Gasteiger partial charge < -0.3 is 10.1 Å². The standard InChI is InChI=1S/C20H23NOS/c1-13-5-10-18-17(12-13)20-16(4-3-11-22-20)19(21-18)14-6-8-15(23-2)9-7-14/h5-10,12,16,19-21H,3-4,11H2,1-2H3. The number of hydrogen-bond donors (Lipinski definition) is 1. The molecule has 1 fully saturated rings. The first kappa shape index (κ1) is 15.1. The topological polar surface area (TPSA) is 21.3 Å². The Morgan fingerprint density at radius 3 is 2.74 bits per heavy atom. The minimum Gasteiger partial charge on any atom is -0.378 e. The molecule has 23 heavy (non-hydrogen) atoms. The summed E-state index contributed by atoms with van der Waals surface area (Å²) in [5.41, 5.74) is 5.25. The Balaban J connectivity index is 1.73. The highest BCUT2D eigenvalue weighted by Crippen LogP contribution is 2.49. The first-order valence-electron chi connectivity index (χ1n) is 8.39. The molecular formula is C20H23NOS. The molecule has 2 nitrogen and oxygen atoms in total. The molecule has 0 spiro atoms. The largest absolute Gasteiger partial charge is 0.378 e. The van der Waals surface area contributed by atoms with Crippen molar-refractivity contribution in [2.24, 2.45) is 5.92 Å². The molecule has 0 bridgehead atoms. The molecule has 2 heterocycles. The lowest BCUT2D eigenvalue weighted by Crippen LogP contribution is -2.36. The quantitative estimate of drug-likeness (QED) is 0.752. The molecule has 120 valence electrons. The fraction of sp³-hybridized carbons (Fsp3) is 0.400. The zero-order valence-electron chi connectivity index (χ0n) is 13.7. The minimum atomic E-state index is 0.227. The van der Waals surface area contributed by atoms with Gasteiger partial charge in [-0.05, 0) is 49.8 Å². The first-order chi connectivity index (χ1) is 11.3. The van der Waals surface area contributed by atoms with Crippen LogP contribution in [0.5, 0.6) is 0 Å². The van der Waals surface area contributed by atoms with Crippen LogP contribution in [0.2, 0.25) is 0 Å². The summed E-state index contributed by atoms with van der Waals surface area (Å²) < 4.78 is 6.22. The molecule has 0 radical (unpaired) electrons. The maximum Gasteiger partial charge on any atom is 0.0895 e. The molecule has 2 aliphatic heterocycles. The monoisotopic (exact) mass is 325 g/mol. The van der Waals surface area contributed by atoms with E-state index in [9.17, 15) is 0 Å². The molecule has 3 atom stereocenters. The number of aryl methyl sites for hydroxylation is 1. The van der Waals surface area contributed by atoms with Gasteiger partial charge >= 0.3 is 0 Å². The van der Waals surface area contributed by atoms with Gasteiger partial charge in [0.2, 0.25) is 0 Å². The van der Waals surface area contributed by atoms with Crippen molar-refractivity contribution in [3.8, 4) is 0 Å². The molecule has 2 aromatic rings. The SMILES string of the molecule is CSc1ccc(C2Nc3ccc(C)cc3C3OCCCC23)cc1. The van der Waals surface area contributed by atoms with Gasteiger partial charge in [0.25, 0.3) is 0 Å². The van der Waals surface area contributed by atoms with Gasteiger partial charge in [-0.25, -0.2) is 0 Å². The Hall–Kier alpha value is -1.45. The van der Waals surface area contributed by atoms with E-state index in [1.54, 1.807) is 11.8 Å². The molecule has 1 saturated heterocycles. The first-order valence-corrected chi connectivity index (χ1v) is 9.61. The highest BCUT2D eigenvalue weighted by molar-refractivity contribution is 7.98. The zero-order chi connectivity index (χ0) is 15.8. The predicted molar refractivity (Wildman–Crippen MR) is 97.2 cm³/mol. The lowest BCUT2D eigenvalue weighted by molar-refractivity contribution is -0.0381. The second kappa shape index (κ2) is 6.21. The smallest absolute Gasteiger partial charge is 0.0895 e. The van der Waals surface area contributed by atoms with Gasteiger partial charge in [-0.1, -0.05) is 29.8 Å². The summed E-state index contributed by atoms with van der Waals surface area (Å²) in [5, 5.41) is 3.79. The van der Waals surface area contributed by atoms with Crippen LogP contribution in [-0.4, -0.2) is 12.9 Å².